The van der Waals surface area contributed by atoms with E-state index in [1.807, 2.05) is 37.3 Å². The largest absolute Gasteiger partial charge is 0.497 e. The van der Waals surface area contributed by atoms with Crippen molar-refractivity contribution in [3.05, 3.63) is 74.5 Å². The summed E-state index contributed by atoms with van der Waals surface area (Å²) >= 11 is 6.65. The first-order valence-corrected chi connectivity index (χ1v) is 12.4. The smallest absolute Gasteiger partial charge is 0.267 e. The number of carbonyl (C=O) groups is 1. The van der Waals surface area contributed by atoms with Gasteiger partial charge in [0.15, 0.2) is 0 Å². The van der Waals surface area contributed by atoms with Crippen LogP contribution >= 0.6 is 24.0 Å². The number of thioether (sulfide) groups is 1. The third-order valence-corrected chi connectivity index (χ3v) is 6.94. The number of nitrogens with zero attached hydrogens (tertiary/aromatic N) is 3. The van der Waals surface area contributed by atoms with Gasteiger partial charge in [-0.15, -0.1) is 0 Å². The molecule has 1 aliphatic rings. The summed E-state index contributed by atoms with van der Waals surface area (Å²) < 4.78 is 7.12. The molecule has 3 aromatic rings. The number of aliphatic hydroxyl groups excluding tert-OH is 1. The molecule has 1 aliphatic heterocycles. The Kier molecular flexibility index (Phi) is 7.84. The molecular formula is C25H26N4O4S2. The zero-order chi connectivity index (χ0) is 24.9. The second-order valence-corrected chi connectivity index (χ2v) is 9.73. The van der Waals surface area contributed by atoms with E-state index in [0.717, 1.165) is 16.9 Å². The van der Waals surface area contributed by atoms with Crippen LogP contribution in [-0.2, 0) is 11.2 Å². The molecule has 0 bridgehead atoms. The van der Waals surface area contributed by atoms with Crippen molar-refractivity contribution in [2.45, 2.75) is 19.8 Å². The van der Waals surface area contributed by atoms with E-state index in [0.29, 0.717) is 46.6 Å². The van der Waals surface area contributed by atoms with E-state index >= 15 is 0 Å². The van der Waals surface area contributed by atoms with Crippen molar-refractivity contribution in [2.24, 2.45) is 0 Å². The van der Waals surface area contributed by atoms with Gasteiger partial charge in [-0.1, -0.05) is 42.2 Å². The summed E-state index contributed by atoms with van der Waals surface area (Å²) in [6.07, 6.45) is 4.43. The number of ether oxygens (including phenoxy) is 1. The highest BCUT2D eigenvalue weighted by Crippen LogP contribution is 2.33. The van der Waals surface area contributed by atoms with Crippen LogP contribution in [0, 0.1) is 6.92 Å². The van der Waals surface area contributed by atoms with Crippen LogP contribution < -0.4 is 15.6 Å². The average Bonchev–Trinajstić information content (AvgIpc) is 3.13. The lowest BCUT2D eigenvalue weighted by atomic mass is 10.1. The van der Waals surface area contributed by atoms with Crippen LogP contribution in [0.5, 0.6) is 5.75 Å². The average molecular weight is 511 g/mol. The molecule has 0 saturated carbocycles. The number of pyridine rings is 1. The highest BCUT2D eigenvalue weighted by Gasteiger charge is 2.32. The second kappa shape index (κ2) is 11.0. The Bertz CT molecular complexity index is 1350. The molecule has 1 aromatic carbocycles. The summed E-state index contributed by atoms with van der Waals surface area (Å²) in [5, 5.41) is 12.3. The van der Waals surface area contributed by atoms with E-state index in [9.17, 15) is 9.59 Å². The Hall–Kier alpha value is -3.21. The number of anilines is 1. The third-order valence-electron chi connectivity index (χ3n) is 5.57. The van der Waals surface area contributed by atoms with Crippen LogP contribution in [0.2, 0.25) is 0 Å². The fourth-order valence-electron chi connectivity index (χ4n) is 3.67. The van der Waals surface area contributed by atoms with Crippen molar-refractivity contribution < 1.29 is 14.6 Å². The summed E-state index contributed by atoms with van der Waals surface area (Å²) in [7, 11) is 1.62. The number of nitrogens with one attached hydrogen (secondary N) is 1. The van der Waals surface area contributed by atoms with Gasteiger partial charge in [-0.05, 0) is 55.2 Å². The summed E-state index contributed by atoms with van der Waals surface area (Å²) in [6.45, 7) is 2.78. The van der Waals surface area contributed by atoms with E-state index in [4.69, 9.17) is 22.1 Å². The highest BCUT2D eigenvalue weighted by molar-refractivity contribution is 8.26. The maximum Gasteiger partial charge on any atom is 0.267 e. The third kappa shape index (κ3) is 5.55. The van der Waals surface area contributed by atoms with Gasteiger partial charge in [0, 0.05) is 25.9 Å². The first-order chi connectivity index (χ1) is 16.9. The number of methoxy groups -OCH3 is 1. The van der Waals surface area contributed by atoms with E-state index in [1.165, 1.54) is 16.2 Å². The monoisotopic (exact) mass is 510 g/mol. The number of hydrogen-bond acceptors (Lipinski definition) is 8. The number of carbonyl (C=O) groups excluding carboxylic acids is 1. The standard InChI is InChI=1S/C25H26N4O4S2/c1-16-4-9-21-27-22(26-11-3-13-30)19(23(31)29(21)15-16)14-20-24(32)28(25(34)35-20)12-10-17-5-7-18(33-2)8-6-17/h4-9,14-15,26,30H,3,10-13H2,1-2H3/b20-14-. The SMILES string of the molecule is COc1ccc(CCN2C(=O)/C(=C/c3c(NCCCO)nc4ccc(C)cn4c3=O)SC2=S)cc1. The maximum absolute atomic E-state index is 13.4. The number of aliphatic hydroxyl groups is 1. The van der Waals surface area contributed by atoms with E-state index < -0.39 is 0 Å². The van der Waals surface area contributed by atoms with Gasteiger partial charge in [0.2, 0.25) is 0 Å². The predicted octanol–water partition coefficient (Wildman–Crippen LogP) is 3.25. The fraction of sp³-hybridized carbons (Fsp3) is 0.280. The Morgan fingerprint density at radius 3 is 2.69 bits per heavy atom. The Morgan fingerprint density at radius 1 is 1.20 bits per heavy atom. The molecule has 10 heteroatoms. The molecule has 8 nitrogen and oxygen atoms in total. The van der Waals surface area contributed by atoms with Gasteiger partial charge >= 0.3 is 0 Å². The molecule has 1 amide bonds. The van der Waals surface area contributed by atoms with Gasteiger partial charge in [-0.25, -0.2) is 4.98 Å². The van der Waals surface area contributed by atoms with Crippen molar-refractivity contribution in [1.82, 2.24) is 14.3 Å². The first-order valence-electron chi connectivity index (χ1n) is 11.2. The second-order valence-electron chi connectivity index (χ2n) is 8.05. The Balaban J connectivity index is 1.62. The molecule has 0 unspecified atom stereocenters. The molecule has 3 heterocycles. The van der Waals surface area contributed by atoms with E-state index in [-0.39, 0.29) is 23.6 Å². The molecule has 4 rings (SSSR count). The van der Waals surface area contributed by atoms with E-state index in [2.05, 4.69) is 10.3 Å². The topological polar surface area (TPSA) is 96.2 Å². The number of benzene rings is 1. The quantitative estimate of drug-likeness (QED) is 0.257. The minimum atomic E-state index is -0.284. The zero-order valence-electron chi connectivity index (χ0n) is 19.5. The number of fused-ring (bicyclic) bond motifs is 1. The van der Waals surface area contributed by atoms with Gasteiger partial charge < -0.3 is 15.2 Å². The van der Waals surface area contributed by atoms with Crippen molar-refractivity contribution in [3.63, 3.8) is 0 Å². The molecule has 0 aliphatic carbocycles. The minimum Gasteiger partial charge on any atom is -0.497 e. The Labute approximate surface area is 212 Å². The van der Waals surface area contributed by atoms with Crippen LogP contribution in [0.3, 0.4) is 0 Å². The van der Waals surface area contributed by atoms with Gasteiger partial charge in [0.25, 0.3) is 11.5 Å². The van der Waals surface area contributed by atoms with Gasteiger partial charge in [-0.3, -0.25) is 18.9 Å². The van der Waals surface area contributed by atoms with Crippen molar-refractivity contribution in [1.29, 1.82) is 0 Å². The van der Waals surface area contributed by atoms with Crippen molar-refractivity contribution >= 4 is 51.7 Å². The van der Waals surface area contributed by atoms with Gasteiger partial charge in [0.05, 0.1) is 17.6 Å². The molecule has 35 heavy (non-hydrogen) atoms. The molecule has 2 N–H and O–H groups in total. The van der Waals surface area contributed by atoms with Crippen LogP contribution in [0.1, 0.15) is 23.1 Å². The lowest BCUT2D eigenvalue weighted by Crippen LogP contribution is -2.30. The zero-order valence-corrected chi connectivity index (χ0v) is 21.1. The van der Waals surface area contributed by atoms with Gasteiger partial charge in [0.1, 0.15) is 21.5 Å². The van der Waals surface area contributed by atoms with Crippen molar-refractivity contribution in [3.8, 4) is 5.75 Å². The molecular weight excluding hydrogens is 484 g/mol. The predicted molar refractivity (Wildman–Crippen MR) is 143 cm³/mol. The summed E-state index contributed by atoms with van der Waals surface area (Å²) in [5.41, 5.74) is 2.47. The number of thiocarbonyl (C=S) groups is 1. The van der Waals surface area contributed by atoms with Crippen LogP contribution in [0.4, 0.5) is 5.82 Å². The van der Waals surface area contributed by atoms with Crippen LogP contribution in [0.25, 0.3) is 11.7 Å². The molecule has 0 radical (unpaired) electrons. The molecule has 0 spiro atoms. The number of hydrogen-bond donors (Lipinski definition) is 2. The summed E-state index contributed by atoms with van der Waals surface area (Å²) in [5.74, 6) is 0.913. The minimum absolute atomic E-state index is 0.0148. The normalized spacial score (nSPS) is 14.8. The molecule has 1 fully saturated rings. The Morgan fingerprint density at radius 2 is 1.97 bits per heavy atom. The fourth-order valence-corrected chi connectivity index (χ4v) is 4.96. The summed E-state index contributed by atoms with van der Waals surface area (Å²) in [6, 6.07) is 11.3. The number of amides is 1. The van der Waals surface area contributed by atoms with Crippen LogP contribution in [0.15, 0.2) is 52.3 Å². The molecule has 1 saturated heterocycles. The van der Waals surface area contributed by atoms with Crippen LogP contribution in [-0.4, -0.2) is 56.4 Å². The first kappa shape index (κ1) is 24.9. The lowest BCUT2D eigenvalue weighted by molar-refractivity contribution is -0.122. The number of aryl methyl sites for hydroxylation is 1. The summed E-state index contributed by atoms with van der Waals surface area (Å²) in [4.78, 5) is 33.1. The maximum atomic E-state index is 13.4. The molecule has 0 atom stereocenters. The molecule has 182 valence electrons. The van der Waals surface area contributed by atoms with E-state index in [1.54, 1.807) is 30.3 Å². The van der Waals surface area contributed by atoms with Crippen molar-refractivity contribution in [2.75, 3.05) is 32.1 Å². The molecule has 2 aromatic heterocycles. The highest BCUT2D eigenvalue weighted by atomic mass is 32.2. The number of aromatic nitrogens is 2. The lowest BCUT2D eigenvalue weighted by Gasteiger charge is -2.14. The van der Waals surface area contributed by atoms with Gasteiger partial charge in [-0.2, -0.15) is 0 Å². The number of rotatable bonds is 9.